The second-order valence-corrected chi connectivity index (χ2v) is 5.39. The van der Waals surface area contributed by atoms with E-state index in [1.807, 2.05) is 31.2 Å². The number of hydrogen-bond acceptors (Lipinski definition) is 2. The van der Waals surface area contributed by atoms with Crippen LogP contribution in [0.1, 0.15) is 36.8 Å². The Morgan fingerprint density at radius 2 is 2.05 bits per heavy atom. The first-order chi connectivity index (χ1) is 9.65. The Labute approximate surface area is 119 Å². The lowest BCUT2D eigenvalue weighted by molar-refractivity contribution is -0.128. The van der Waals surface area contributed by atoms with E-state index in [0.717, 1.165) is 24.8 Å². The molecule has 0 unspecified atom stereocenters. The molecule has 1 aromatic carbocycles. The molecule has 1 heterocycles. The lowest BCUT2D eigenvalue weighted by Crippen LogP contribution is -2.45. The van der Waals surface area contributed by atoms with Crippen LogP contribution in [0.4, 0.5) is 0 Å². The van der Waals surface area contributed by atoms with Gasteiger partial charge in [0.1, 0.15) is 6.04 Å². The molecule has 0 spiro atoms. The zero-order valence-corrected chi connectivity index (χ0v) is 11.9. The highest BCUT2D eigenvalue weighted by Gasteiger charge is 2.21. The third-order valence-electron chi connectivity index (χ3n) is 3.63. The molecule has 2 rings (SSSR count). The van der Waals surface area contributed by atoms with Gasteiger partial charge >= 0.3 is 0 Å². The van der Waals surface area contributed by atoms with Crippen LogP contribution in [0.15, 0.2) is 24.3 Å². The van der Waals surface area contributed by atoms with Crippen molar-refractivity contribution in [1.82, 2.24) is 10.6 Å². The Kier molecular flexibility index (Phi) is 5.16. The highest BCUT2D eigenvalue weighted by molar-refractivity contribution is 5.87. The number of nitrogens with one attached hydrogen (secondary N) is 2. The van der Waals surface area contributed by atoms with Gasteiger partial charge in [0.05, 0.1) is 0 Å². The highest BCUT2D eigenvalue weighted by atomic mass is 16.2. The lowest BCUT2D eigenvalue weighted by atomic mass is 10.1. The van der Waals surface area contributed by atoms with E-state index < -0.39 is 0 Å². The summed E-state index contributed by atoms with van der Waals surface area (Å²) in [7, 11) is 0. The summed E-state index contributed by atoms with van der Waals surface area (Å²) in [6, 6.07) is 7.82. The van der Waals surface area contributed by atoms with Crippen LogP contribution in [0, 0.1) is 6.92 Å². The number of rotatable bonds is 4. The Balaban J connectivity index is 1.79. The highest BCUT2D eigenvalue weighted by Crippen LogP contribution is 2.08. The first-order valence-corrected chi connectivity index (χ1v) is 7.28. The normalized spacial score (nSPS) is 19.1. The molecule has 108 valence electrons. The number of aryl methyl sites for hydroxylation is 2. The third-order valence-corrected chi connectivity index (χ3v) is 3.63. The molecule has 0 aliphatic carbocycles. The molecular weight excluding hydrogens is 252 g/mol. The molecule has 0 radical (unpaired) electrons. The Morgan fingerprint density at radius 1 is 1.30 bits per heavy atom. The molecule has 4 heteroatoms. The fourth-order valence-corrected chi connectivity index (χ4v) is 2.36. The molecule has 2 N–H and O–H groups in total. The first kappa shape index (κ1) is 14.6. The van der Waals surface area contributed by atoms with E-state index in [1.54, 1.807) is 0 Å². The van der Waals surface area contributed by atoms with E-state index in [4.69, 9.17) is 0 Å². The zero-order chi connectivity index (χ0) is 14.4. The molecule has 20 heavy (non-hydrogen) atoms. The first-order valence-electron chi connectivity index (χ1n) is 7.28. The summed E-state index contributed by atoms with van der Waals surface area (Å²) in [5.74, 6) is -0.0983. The van der Waals surface area contributed by atoms with E-state index in [-0.39, 0.29) is 17.9 Å². The van der Waals surface area contributed by atoms with E-state index in [2.05, 4.69) is 10.6 Å². The fraction of sp³-hybridized carbons (Fsp3) is 0.500. The van der Waals surface area contributed by atoms with Crippen molar-refractivity contribution in [3.05, 3.63) is 35.4 Å². The predicted molar refractivity (Wildman–Crippen MR) is 78.3 cm³/mol. The van der Waals surface area contributed by atoms with Gasteiger partial charge in [0.2, 0.25) is 11.8 Å². The van der Waals surface area contributed by atoms with Gasteiger partial charge in [-0.25, -0.2) is 0 Å². The quantitative estimate of drug-likeness (QED) is 0.878. The van der Waals surface area contributed by atoms with Crippen molar-refractivity contribution in [2.24, 2.45) is 0 Å². The second-order valence-electron chi connectivity index (χ2n) is 5.39. The van der Waals surface area contributed by atoms with Gasteiger partial charge in [0.15, 0.2) is 0 Å². The summed E-state index contributed by atoms with van der Waals surface area (Å²) < 4.78 is 0. The van der Waals surface area contributed by atoms with Gasteiger partial charge in [-0.15, -0.1) is 0 Å². The molecule has 2 amide bonds. The van der Waals surface area contributed by atoms with Crippen LogP contribution in [0.5, 0.6) is 0 Å². The Hall–Kier alpha value is -1.84. The van der Waals surface area contributed by atoms with Crippen molar-refractivity contribution in [2.75, 3.05) is 6.54 Å². The number of carbonyl (C=O) groups is 2. The number of hydrogen-bond donors (Lipinski definition) is 2. The molecule has 1 aliphatic heterocycles. The Bertz CT molecular complexity index is 468. The van der Waals surface area contributed by atoms with E-state index in [9.17, 15) is 9.59 Å². The van der Waals surface area contributed by atoms with Gasteiger partial charge < -0.3 is 10.6 Å². The predicted octanol–water partition coefficient (Wildman–Crippen LogP) is 1.71. The smallest absolute Gasteiger partial charge is 0.242 e. The van der Waals surface area contributed by atoms with Crippen molar-refractivity contribution >= 4 is 11.8 Å². The maximum absolute atomic E-state index is 11.9. The molecule has 1 saturated heterocycles. The van der Waals surface area contributed by atoms with Crippen LogP contribution in [0.2, 0.25) is 0 Å². The van der Waals surface area contributed by atoms with Crippen molar-refractivity contribution in [1.29, 1.82) is 0 Å². The van der Waals surface area contributed by atoms with Crippen molar-refractivity contribution in [3.63, 3.8) is 0 Å². The summed E-state index contributed by atoms with van der Waals surface area (Å²) in [5.41, 5.74) is 2.37. The van der Waals surface area contributed by atoms with Crippen LogP contribution in [0.25, 0.3) is 0 Å². The SMILES string of the molecule is Cc1ccc(CCC(=O)N[C@H]2CCCCNC2=O)cc1. The van der Waals surface area contributed by atoms with Crippen LogP contribution in [-0.4, -0.2) is 24.4 Å². The molecule has 0 aromatic heterocycles. The molecular formula is C16H22N2O2. The summed E-state index contributed by atoms with van der Waals surface area (Å²) in [5, 5.41) is 5.67. The monoisotopic (exact) mass is 274 g/mol. The molecule has 0 bridgehead atoms. The number of carbonyl (C=O) groups excluding carboxylic acids is 2. The van der Waals surface area contributed by atoms with Crippen LogP contribution >= 0.6 is 0 Å². The van der Waals surface area contributed by atoms with Gasteiger partial charge in [0.25, 0.3) is 0 Å². The molecule has 1 aromatic rings. The molecule has 1 atom stereocenters. The maximum atomic E-state index is 11.9. The zero-order valence-electron chi connectivity index (χ0n) is 11.9. The average molecular weight is 274 g/mol. The van der Waals surface area contributed by atoms with Gasteiger partial charge in [-0.3, -0.25) is 9.59 Å². The minimum absolute atomic E-state index is 0.0485. The second kappa shape index (κ2) is 7.08. The molecule has 1 fully saturated rings. The topological polar surface area (TPSA) is 58.2 Å². The summed E-state index contributed by atoms with van der Waals surface area (Å²) >= 11 is 0. The summed E-state index contributed by atoms with van der Waals surface area (Å²) in [6.07, 6.45) is 3.83. The Morgan fingerprint density at radius 3 is 2.80 bits per heavy atom. The summed E-state index contributed by atoms with van der Waals surface area (Å²) in [6.45, 7) is 2.76. The largest absolute Gasteiger partial charge is 0.354 e. The standard InChI is InChI=1S/C16H22N2O2/c1-12-5-7-13(8-6-12)9-10-15(19)18-14-4-2-3-11-17-16(14)20/h5-8,14H,2-4,9-11H2,1H3,(H,17,20)(H,18,19)/t14-/m0/s1. The average Bonchev–Trinajstić information content (AvgIpc) is 2.64. The van der Waals surface area contributed by atoms with E-state index >= 15 is 0 Å². The van der Waals surface area contributed by atoms with Crippen molar-refractivity contribution in [3.8, 4) is 0 Å². The minimum Gasteiger partial charge on any atom is -0.354 e. The van der Waals surface area contributed by atoms with Crippen molar-refractivity contribution in [2.45, 2.75) is 45.1 Å². The summed E-state index contributed by atoms with van der Waals surface area (Å²) in [4.78, 5) is 23.7. The van der Waals surface area contributed by atoms with Crippen LogP contribution in [-0.2, 0) is 16.0 Å². The van der Waals surface area contributed by atoms with Gasteiger partial charge in [-0.2, -0.15) is 0 Å². The minimum atomic E-state index is -0.358. The fourth-order valence-electron chi connectivity index (χ4n) is 2.36. The van der Waals surface area contributed by atoms with E-state index in [1.165, 1.54) is 5.56 Å². The molecule has 1 aliphatic rings. The number of amides is 2. The van der Waals surface area contributed by atoms with Crippen LogP contribution < -0.4 is 10.6 Å². The lowest BCUT2D eigenvalue weighted by Gasteiger charge is -2.15. The van der Waals surface area contributed by atoms with Gasteiger partial charge in [-0.05, 0) is 38.2 Å². The molecule has 4 nitrogen and oxygen atoms in total. The third kappa shape index (κ3) is 4.37. The number of benzene rings is 1. The maximum Gasteiger partial charge on any atom is 0.242 e. The van der Waals surface area contributed by atoms with Gasteiger partial charge in [-0.1, -0.05) is 29.8 Å². The van der Waals surface area contributed by atoms with E-state index in [0.29, 0.717) is 19.4 Å². The molecule has 0 saturated carbocycles. The van der Waals surface area contributed by atoms with Crippen molar-refractivity contribution < 1.29 is 9.59 Å². The van der Waals surface area contributed by atoms with Crippen LogP contribution in [0.3, 0.4) is 0 Å². The van der Waals surface area contributed by atoms with Gasteiger partial charge in [0, 0.05) is 13.0 Å².